The van der Waals surface area contributed by atoms with Crippen LogP contribution in [0.15, 0.2) is 73.5 Å². The Morgan fingerprint density at radius 3 is 2.63 bits per heavy atom. The Balaban J connectivity index is 1.97. The van der Waals surface area contributed by atoms with Crippen molar-refractivity contribution in [1.29, 1.82) is 0 Å². The lowest BCUT2D eigenvalue weighted by molar-refractivity contribution is -0.131. The molecule has 3 aromatic rings. The van der Waals surface area contributed by atoms with Gasteiger partial charge in [0, 0.05) is 28.2 Å². The fraction of sp³-hybridized carbons (Fsp3) is 0. The summed E-state index contributed by atoms with van der Waals surface area (Å²) >= 11 is 6.04. The first-order valence-electron chi connectivity index (χ1n) is 8.00. The van der Waals surface area contributed by atoms with E-state index in [1.807, 2.05) is 24.3 Å². The predicted octanol–water partition coefficient (Wildman–Crippen LogP) is 4.79. The number of hydrogen-bond acceptors (Lipinski definition) is 3. The van der Waals surface area contributed by atoms with Crippen molar-refractivity contribution in [2.24, 2.45) is 0 Å². The number of hydrogen-bond donors (Lipinski definition) is 2. The van der Waals surface area contributed by atoms with Crippen molar-refractivity contribution >= 4 is 45.6 Å². The molecule has 0 bridgehead atoms. The number of halogens is 1. The van der Waals surface area contributed by atoms with E-state index in [1.165, 1.54) is 6.08 Å². The van der Waals surface area contributed by atoms with Crippen molar-refractivity contribution in [2.45, 2.75) is 0 Å². The van der Waals surface area contributed by atoms with Gasteiger partial charge in [-0.15, -0.1) is 0 Å². The number of pyridine rings is 1. The van der Waals surface area contributed by atoms with Gasteiger partial charge in [0.2, 0.25) is 0 Å². The molecule has 0 saturated carbocycles. The van der Waals surface area contributed by atoms with Crippen molar-refractivity contribution in [3.8, 4) is 0 Å². The van der Waals surface area contributed by atoms with Crippen LogP contribution in [-0.4, -0.2) is 22.0 Å². The van der Waals surface area contributed by atoms with Crippen LogP contribution in [0.4, 0.5) is 5.69 Å². The van der Waals surface area contributed by atoms with Gasteiger partial charge in [-0.3, -0.25) is 9.78 Å². The third-order valence-electron chi connectivity index (χ3n) is 3.88. The Morgan fingerprint density at radius 1 is 1.07 bits per heavy atom. The number of rotatable bonds is 5. The lowest BCUT2D eigenvalue weighted by Crippen LogP contribution is -2.14. The van der Waals surface area contributed by atoms with Crippen LogP contribution in [0.25, 0.3) is 16.5 Å². The van der Waals surface area contributed by atoms with Gasteiger partial charge in [-0.1, -0.05) is 36.4 Å². The predicted molar refractivity (Wildman–Crippen MR) is 107 cm³/mol. The van der Waals surface area contributed by atoms with Gasteiger partial charge in [0.25, 0.3) is 5.91 Å². The molecule has 0 atom stereocenters. The van der Waals surface area contributed by atoms with Crippen molar-refractivity contribution in [3.63, 3.8) is 0 Å². The molecule has 1 amide bonds. The lowest BCUT2D eigenvalue weighted by Gasteiger charge is -2.12. The molecule has 0 saturated heterocycles. The highest BCUT2D eigenvalue weighted by atomic mass is 35.5. The summed E-state index contributed by atoms with van der Waals surface area (Å²) in [5, 5.41) is 13.0. The minimum Gasteiger partial charge on any atom is -0.478 e. The number of amides is 1. The maximum absolute atomic E-state index is 12.9. The molecule has 0 aliphatic carbocycles. The molecule has 0 aliphatic rings. The number of fused-ring (bicyclic) bond motifs is 1. The number of benzene rings is 2. The topological polar surface area (TPSA) is 79.3 Å². The number of para-hydroxylation sites is 1. The summed E-state index contributed by atoms with van der Waals surface area (Å²) in [5.74, 6) is -1.48. The first-order chi connectivity index (χ1) is 13.0. The maximum atomic E-state index is 12.9. The molecule has 1 heterocycles. The first kappa shape index (κ1) is 18.4. The van der Waals surface area contributed by atoms with Crippen LogP contribution in [0.3, 0.4) is 0 Å². The third-order valence-corrected chi connectivity index (χ3v) is 4.12. The smallest absolute Gasteiger partial charge is 0.328 e. The number of nitrogens with zero attached hydrogens (tertiary/aromatic N) is 1. The highest BCUT2D eigenvalue weighted by molar-refractivity contribution is 6.31. The fourth-order valence-corrected chi connectivity index (χ4v) is 2.81. The number of anilines is 1. The van der Waals surface area contributed by atoms with E-state index in [0.717, 1.165) is 11.5 Å². The van der Waals surface area contributed by atoms with Gasteiger partial charge in [0.1, 0.15) is 0 Å². The summed E-state index contributed by atoms with van der Waals surface area (Å²) in [4.78, 5) is 27.9. The summed E-state index contributed by atoms with van der Waals surface area (Å²) in [5.41, 5.74) is 2.39. The van der Waals surface area contributed by atoms with Crippen LogP contribution in [0, 0.1) is 0 Å². The van der Waals surface area contributed by atoms with Gasteiger partial charge in [0.15, 0.2) is 0 Å². The van der Waals surface area contributed by atoms with Crippen LogP contribution in [-0.2, 0) is 4.79 Å². The molecule has 6 heteroatoms. The number of nitrogens with one attached hydrogen (secondary N) is 1. The van der Waals surface area contributed by atoms with E-state index in [0.29, 0.717) is 32.9 Å². The average Bonchev–Trinajstić information content (AvgIpc) is 2.66. The summed E-state index contributed by atoms with van der Waals surface area (Å²) in [6.07, 6.45) is 3.94. The monoisotopic (exact) mass is 378 g/mol. The number of carboxylic acid groups (broad SMARTS) is 1. The molecule has 27 heavy (non-hydrogen) atoms. The Labute approximate surface area is 160 Å². The van der Waals surface area contributed by atoms with Crippen LogP contribution in [0.1, 0.15) is 15.9 Å². The van der Waals surface area contributed by atoms with E-state index in [9.17, 15) is 9.59 Å². The van der Waals surface area contributed by atoms with Crippen molar-refractivity contribution < 1.29 is 14.7 Å². The Bertz CT molecular complexity index is 1080. The van der Waals surface area contributed by atoms with Gasteiger partial charge in [0.05, 0.1) is 11.2 Å². The van der Waals surface area contributed by atoms with Crippen molar-refractivity contribution in [2.75, 3.05) is 5.32 Å². The molecule has 0 spiro atoms. The van der Waals surface area contributed by atoms with Gasteiger partial charge in [-0.25, -0.2) is 4.79 Å². The van der Waals surface area contributed by atoms with E-state index in [4.69, 9.17) is 16.7 Å². The summed E-state index contributed by atoms with van der Waals surface area (Å²) < 4.78 is 0. The van der Waals surface area contributed by atoms with Crippen LogP contribution in [0.2, 0.25) is 5.02 Å². The van der Waals surface area contributed by atoms with Crippen LogP contribution >= 0.6 is 11.6 Å². The number of carboxylic acids is 1. The zero-order valence-electron chi connectivity index (χ0n) is 14.1. The Kier molecular flexibility index (Phi) is 5.33. The van der Waals surface area contributed by atoms with E-state index in [1.54, 1.807) is 30.5 Å². The minimum absolute atomic E-state index is 0.326. The molecule has 0 radical (unpaired) electrons. The maximum Gasteiger partial charge on any atom is 0.328 e. The van der Waals surface area contributed by atoms with E-state index >= 15 is 0 Å². The fourth-order valence-electron chi connectivity index (χ4n) is 2.64. The molecule has 0 aliphatic heterocycles. The molecule has 5 nitrogen and oxygen atoms in total. The van der Waals surface area contributed by atoms with Gasteiger partial charge in [-0.05, 0) is 47.5 Å². The first-order valence-corrected chi connectivity index (χ1v) is 8.38. The summed E-state index contributed by atoms with van der Waals surface area (Å²) in [6.45, 7) is 3.84. The Hall–Kier alpha value is -3.44. The average molecular weight is 379 g/mol. The molecular weight excluding hydrogens is 364 g/mol. The van der Waals surface area contributed by atoms with Crippen molar-refractivity contribution in [1.82, 2.24) is 4.98 Å². The molecule has 0 fully saturated rings. The second-order valence-electron chi connectivity index (χ2n) is 5.72. The Morgan fingerprint density at radius 2 is 1.85 bits per heavy atom. The van der Waals surface area contributed by atoms with Gasteiger partial charge >= 0.3 is 5.97 Å². The summed E-state index contributed by atoms with van der Waals surface area (Å²) in [7, 11) is 0. The largest absolute Gasteiger partial charge is 0.478 e. The minimum atomic E-state index is -1.11. The highest BCUT2D eigenvalue weighted by Gasteiger charge is 2.15. The molecule has 1 aromatic heterocycles. The quantitative estimate of drug-likeness (QED) is 0.494. The number of allylic oxidation sites excluding steroid dienone is 2. The number of carbonyl (C=O) groups is 2. The molecule has 3 rings (SSSR count). The lowest BCUT2D eigenvalue weighted by atomic mass is 9.99. The third kappa shape index (κ3) is 4.22. The normalized spacial score (nSPS) is 10.9. The molecule has 134 valence electrons. The molecule has 0 unspecified atom stereocenters. The SMILES string of the molecule is C=C(/C=C/C(=O)O)c1cc(Cl)ccc1C(=O)Nc1cccc2cccnc12. The highest BCUT2D eigenvalue weighted by Crippen LogP contribution is 2.26. The molecular formula is C21H15ClN2O3. The second kappa shape index (κ2) is 7.85. The number of aromatic nitrogens is 1. The van der Waals surface area contributed by atoms with Gasteiger partial charge in [-0.2, -0.15) is 0 Å². The van der Waals surface area contributed by atoms with Crippen molar-refractivity contribution in [3.05, 3.63) is 89.6 Å². The molecule has 2 N–H and O–H groups in total. The number of aliphatic carboxylic acids is 1. The standard InChI is InChI=1S/C21H15ClN2O3/c1-13(7-10-19(25)26)17-12-15(22)8-9-16(17)21(27)24-18-6-2-4-14-5-3-11-23-20(14)18/h2-12H,1H2,(H,24,27)(H,25,26)/b10-7+. The van der Waals surface area contributed by atoms with E-state index in [-0.39, 0.29) is 5.91 Å². The number of carbonyl (C=O) groups excluding carboxylic acids is 1. The zero-order chi connectivity index (χ0) is 19.4. The molecule has 2 aromatic carbocycles. The summed E-state index contributed by atoms with van der Waals surface area (Å²) in [6, 6.07) is 14.0. The zero-order valence-corrected chi connectivity index (χ0v) is 14.9. The second-order valence-corrected chi connectivity index (χ2v) is 6.16. The van der Waals surface area contributed by atoms with E-state index < -0.39 is 5.97 Å². The van der Waals surface area contributed by atoms with E-state index in [2.05, 4.69) is 16.9 Å². The van der Waals surface area contributed by atoms with Gasteiger partial charge < -0.3 is 10.4 Å². The van der Waals surface area contributed by atoms with Crippen LogP contribution in [0.5, 0.6) is 0 Å². The van der Waals surface area contributed by atoms with Crippen LogP contribution < -0.4 is 5.32 Å².